The van der Waals surface area contributed by atoms with Crippen molar-refractivity contribution in [3.63, 3.8) is 0 Å². The maximum atomic E-state index is 12.4. The zero-order chi connectivity index (χ0) is 20.1. The van der Waals surface area contributed by atoms with Gasteiger partial charge in [0.05, 0.1) is 36.9 Å². The van der Waals surface area contributed by atoms with Crippen LogP contribution in [0.25, 0.3) is 0 Å². The Morgan fingerprint density at radius 1 is 1.14 bits per heavy atom. The second-order valence-electron chi connectivity index (χ2n) is 6.77. The Labute approximate surface area is 167 Å². The molecule has 29 heavy (non-hydrogen) atoms. The van der Waals surface area contributed by atoms with Crippen LogP contribution in [0.5, 0.6) is 5.88 Å². The van der Waals surface area contributed by atoms with Gasteiger partial charge in [-0.05, 0) is 43.0 Å². The highest BCUT2D eigenvalue weighted by atomic mass is 16.5. The lowest BCUT2D eigenvalue weighted by Crippen LogP contribution is -2.15. The Balaban J connectivity index is 1.34. The van der Waals surface area contributed by atoms with Crippen molar-refractivity contribution in [2.45, 2.75) is 19.4 Å². The predicted molar refractivity (Wildman–Crippen MR) is 108 cm³/mol. The molecule has 4 rings (SSSR count). The van der Waals surface area contributed by atoms with E-state index in [1.165, 1.54) is 25.2 Å². The number of carbonyl (C=O) groups excluding carboxylic acids is 1. The number of hydrogen-bond donors (Lipinski definition) is 3. The molecule has 1 fully saturated rings. The summed E-state index contributed by atoms with van der Waals surface area (Å²) in [7, 11) is 0. The molecule has 1 aliphatic rings. The summed E-state index contributed by atoms with van der Waals surface area (Å²) in [4.78, 5) is 29.0. The molecule has 0 atom stereocenters. The van der Waals surface area contributed by atoms with Crippen LogP contribution in [0.15, 0.2) is 49.1 Å². The maximum Gasteiger partial charge on any atom is 0.275 e. The number of nitrogens with one attached hydrogen (secondary N) is 2. The average molecular weight is 391 g/mol. The predicted octanol–water partition coefficient (Wildman–Crippen LogP) is 2.50. The minimum Gasteiger partial charge on any atom is -0.476 e. The summed E-state index contributed by atoms with van der Waals surface area (Å²) in [5.74, 6) is 1.12. The highest BCUT2D eigenvalue weighted by Crippen LogP contribution is 2.29. The molecule has 1 saturated carbocycles. The largest absolute Gasteiger partial charge is 0.476 e. The summed E-state index contributed by atoms with van der Waals surface area (Å²) in [6, 6.07) is 7.12. The lowest BCUT2D eigenvalue weighted by atomic mass is 10.3. The molecule has 0 radical (unpaired) electrons. The van der Waals surface area contributed by atoms with Crippen molar-refractivity contribution in [3.05, 3.63) is 60.4 Å². The monoisotopic (exact) mass is 391 g/mol. The van der Waals surface area contributed by atoms with Crippen molar-refractivity contribution in [1.29, 1.82) is 0 Å². The van der Waals surface area contributed by atoms with Crippen LogP contribution < -0.4 is 21.1 Å². The number of amides is 1. The Morgan fingerprint density at radius 3 is 2.79 bits per heavy atom. The van der Waals surface area contributed by atoms with Gasteiger partial charge < -0.3 is 21.1 Å². The second-order valence-corrected chi connectivity index (χ2v) is 6.77. The van der Waals surface area contributed by atoms with E-state index in [-0.39, 0.29) is 11.6 Å². The molecule has 0 spiro atoms. The highest BCUT2D eigenvalue weighted by Gasteiger charge is 2.22. The number of nitrogens with zero attached hydrogens (tertiary/aromatic N) is 4. The Kier molecular flexibility index (Phi) is 5.46. The van der Waals surface area contributed by atoms with E-state index in [1.807, 2.05) is 6.07 Å². The molecule has 4 N–H and O–H groups in total. The normalized spacial score (nSPS) is 13.0. The third kappa shape index (κ3) is 5.16. The molecular weight excluding hydrogens is 370 g/mol. The van der Waals surface area contributed by atoms with Gasteiger partial charge in [-0.15, -0.1) is 0 Å². The molecule has 9 heteroatoms. The third-order valence-electron chi connectivity index (χ3n) is 4.40. The van der Waals surface area contributed by atoms with E-state index in [2.05, 4.69) is 30.6 Å². The number of aromatic nitrogens is 4. The molecule has 0 aromatic carbocycles. The zero-order valence-corrected chi connectivity index (χ0v) is 15.7. The molecule has 3 heterocycles. The van der Waals surface area contributed by atoms with Crippen molar-refractivity contribution < 1.29 is 9.53 Å². The summed E-state index contributed by atoms with van der Waals surface area (Å²) >= 11 is 0. The molecule has 0 saturated heterocycles. The van der Waals surface area contributed by atoms with Crippen LogP contribution in [-0.2, 0) is 6.54 Å². The zero-order valence-electron chi connectivity index (χ0n) is 15.7. The molecule has 0 bridgehead atoms. The molecule has 9 nitrogen and oxygen atoms in total. The van der Waals surface area contributed by atoms with Crippen molar-refractivity contribution >= 4 is 23.1 Å². The fourth-order valence-corrected chi connectivity index (χ4v) is 2.60. The number of ether oxygens (including phenoxy) is 1. The summed E-state index contributed by atoms with van der Waals surface area (Å²) in [5.41, 5.74) is 8.10. The molecule has 1 amide bonds. The minimum atomic E-state index is -0.354. The molecule has 0 unspecified atom stereocenters. The molecule has 1 aliphatic carbocycles. The number of hydrogen-bond acceptors (Lipinski definition) is 8. The Hall–Kier alpha value is -3.75. The van der Waals surface area contributed by atoms with Gasteiger partial charge in [0.25, 0.3) is 5.91 Å². The first-order valence-electron chi connectivity index (χ1n) is 9.33. The van der Waals surface area contributed by atoms with Crippen LogP contribution in [0.4, 0.5) is 17.2 Å². The van der Waals surface area contributed by atoms with Gasteiger partial charge in [0, 0.05) is 18.1 Å². The summed E-state index contributed by atoms with van der Waals surface area (Å²) < 4.78 is 5.54. The van der Waals surface area contributed by atoms with Gasteiger partial charge in [0.2, 0.25) is 5.88 Å². The summed E-state index contributed by atoms with van der Waals surface area (Å²) in [6.07, 6.45) is 8.53. The topological polar surface area (TPSA) is 128 Å². The number of nitrogens with two attached hydrogens (primary N) is 1. The quantitative estimate of drug-likeness (QED) is 0.534. The first-order chi connectivity index (χ1) is 14.2. The van der Waals surface area contributed by atoms with Gasteiger partial charge in [-0.3, -0.25) is 9.78 Å². The molecule has 148 valence electrons. The van der Waals surface area contributed by atoms with Crippen LogP contribution in [0, 0.1) is 5.92 Å². The molecule has 3 aromatic heterocycles. The SMILES string of the molecule is Nc1ncccc1NCc1cc(NC(=O)c2cnc(OCC3CC3)cn2)ccn1. The molecule has 0 aliphatic heterocycles. The van der Waals surface area contributed by atoms with Crippen molar-refractivity contribution in [1.82, 2.24) is 19.9 Å². The van der Waals surface area contributed by atoms with E-state index >= 15 is 0 Å². The number of pyridine rings is 2. The standard InChI is InChI=1S/C20H21N7O2/c21-19-16(2-1-6-23-19)24-9-15-8-14(5-7-22-15)27-20(28)17-10-26-18(11-25-17)29-12-13-3-4-13/h1-2,5-8,10-11,13,24H,3-4,9,12H2,(H2,21,23)(H,22,27,28). The van der Waals surface area contributed by atoms with Gasteiger partial charge in [-0.2, -0.15) is 0 Å². The van der Waals surface area contributed by atoms with E-state index < -0.39 is 0 Å². The van der Waals surface area contributed by atoms with E-state index in [0.29, 0.717) is 36.5 Å². The lowest BCUT2D eigenvalue weighted by Gasteiger charge is -2.10. The molecular formula is C20H21N7O2. The van der Waals surface area contributed by atoms with Crippen molar-refractivity contribution in [2.24, 2.45) is 5.92 Å². The van der Waals surface area contributed by atoms with Crippen LogP contribution in [0.2, 0.25) is 0 Å². The van der Waals surface area contributed by atoms with Crippen molar-refractivity contribution in [2.75, 3.05) is 23.0 Å². The van der Waals surface area contributed by atoms with Crippen molar-refractivity contribution in [3.8, 4) is 5.88 Å². The Morgan fingerprint density at radius 2 is 2.03 bits per heavy atom. The van der Waals surface area contributed by atoms with Gasteiger partial charge >= 0.3 is 0 Å². The first kappa shape index (κ1) is 18.6. The number of rotatable bonds is 8. The van der Waals surface area contributed by atoms with E-state index in [0.717, 1.165) is 11.4 Å². The van der Waals surface area contributed by atoms with Crippen LogP contribution >= 0.6 is 0 Å². The first-order valence-corrected chi connectivity index (χ1v) is 9.33. The highest BCUT2D eigenvalue weighted by molar-refractivity contribution is 6.02. The van der Waals surface area contributed by atoms with E-state index in [9.17, 15) is 4.79 Å². The van der Waals surface area contributed by atoms with E-state index in [4.69, 9.17) is 10.5 Å². The summed E-state index contributed by atoms with van der Waals surface area (Å²) in [5, 5.41) is 5.97. The molecule has 3 aromatic rings. The fraction of sp³-hybridized carbons (Fsp3) is 0.250. The van der Waals surface area contributed by atoms with Crippen LogP contribution in [0.3, 0.4) is 0 Å². The Bertz CT molecular complexity index is 990. The number of anilines is 3. The lowest BCUT2D eigenvalue weighted by molar-refractivity contribution is 0.102. The van der Waals surface area contributed by atoms with E-state index in [1.54, 1.807) is 30.6 Å². The van der Waals surface area contributed by atoms with Gasteiger partial charge in [0.15, 0.2) is 0 Å². The smallest absolute Gasteiger partial charge is 0.275 e. The maximum absolute atomic E-state index is 12.4. The van der Waals surface area contributed by atoms with Crippen LogP contribution in [-0.4, -0.2) is 32.4 Å². The minimum absolute atomic E-state index is 0.211. The third-order valence-corrected chi connectivity index (χ3v) is 4.40. The van der Waals surface area contributed by atoms with Crippen LogP contribution in [0.1, 0.15) is 29.0 Å². The van der Waals surface area contributed by atoms with Gasteiger partial charge in [0.1, 0.15) is 11.5 Å². The number of nitrogen functional groups attached to an aromatic ring is 1. The summed E-state index contributed by atoms with van der Waals surface area (Å²) in [6.45, 7) is 1.09. The van der Waals surface area contributed by atoms with Gasteiger partial charge in [-0.1, -0.05) is 0 Å². The average Bonchev–Trinajstić information content (AvgIpc) is 3.57. The second kappa shape index (κ2) is 8.51. The number of carbonyl (C=O) groups is 1. The fourth-order valence-electron chi connectivity index (χ4n) is 2.60. The van der Waals surface area contributed by atoms with Gasteiger partial charge in [-0.25, -0.2) is 15.0 Å².